The molecule has 3 N–H and O–H groups in total. The van der Waals surface area contributed by atoms with Gasteiger partial charge in [0.2, 0.25) is 0 Å². The number of fused-ring (bicyclic) bond motifs is 1. The smallest absolute Gasteiger partial charge is 0.101 e. The van der Waals surface area contributed by atoms with Crippen molar-refractivity contribution in [3.63, 3.8) is 0 Å². The first-order chi connectivity index (χ1) is 8.61. The molecule has 3 nitrogen and oxygen atoms in total. The number of hydrogen-bond donors (Lipinski definition) is 2. The van der Waals surface area contributed by atoms with E-state index in [9.17, 15) is 0 Å². The fourth-order valence-corrected chi connectivity index (χ4v) is 2.70. The molecular formula is C14H17N3S. The minimum atomic E-state index is -0.693. The number of nitriles is 1. The van der Waals surface area contributed by atoms with Crippen LogP contribution >= 0.6 is 11.8 Å². The number of nitrogens with zero attached hydrogens (tertiary/aromatic N) is 1. The third-order valence-corrected chi connectivity index (χ3v) is 3.88. The molecule has 0 saturated heterocycles. The van der Waals surface area contributed by atoms with Gasteiger partial charge in [-0.15, -0.1) is 11.8 Å². The predicted octanol–water partition coefficient (Wildman–Crippen LogP) is 3.28. The maximum Gasteiger partial charge on any atom is 0.101 e. The van der Waals surface area contributed by atoms with Crippen LogP contribution in [-0.2, 0) is 0 Å². The average molecular weight is 259 g/mol. The highest BCUT2D eigenvalue weighted by Gasteiger charge is 2.16. The summed E-state index contributed by atoms with van der Waals surface area (Å²) in [4.78, 5) is 3.37. The predicted molar refractivity (Wildman–Crippen MR) is 76.5 cm³/mol. The Bertz CT molecular complexity index is 533. The second-order valence-corrected chi connectivity index (χ2v) is 5.84. The summed E-state index contributed by atoms with van der Waals surface area (Å²) in [6.07, 6.45) is 1.68. The van der Waals surface area contributed by atoms with Gasteiger partial charge in [0, 0.05) is 10.9 Å². The Hall–Kier alpha value is -1.44. The van der Waals surface area contributed by atoms with Crippen molar-refractivity contribution >= 4 is 22.7 Å². The fraction of sp³-hybridized carbons (Fsp3) is 0.357. The van der Waals surface area contributed by atoms with Crippen LogP contribution in [0.5, 0.6) is 0 Å². The summed E-state index contributed by atoms with van der Waals surface area (Å²) in [6, 6.07) is 12.5. The number of aromatic nitrogens is 1. The van der Waals surface area contributed by atoms with Crippen molar-refractivity contribution in [1.82, 2.24) is 4.98 Å². The van der Waals surface area contributed by atoms with Gasteiger partial charge >= 0.3 is 0 Å². The molecule has 1 heterocycles. The van der Waals surface area contributed by atoms with Crippen LogP contribution in [0.25, 0.3) is 10.9 Å². The van der Waals surface area contributed by atoms with Crippen molar-refractivity contribution in [3.05, 3.63) is 30.3 Å². The Balaban J connectivity index is 1.86. The van der Waals surface area contributed by atoms with Crippen molar-refractivity contribution in [3.8, 4) is 6.07 Å². The highest BCUT2D eigenvalue weighted by molar-refractivity contribution is 7.99. The van der Waals surface area contributed by atoms with E-state index in [1.807, 2.05) is 12.1 Å². The van der Waals surface area contributed by atoms with Crippen molar-refractivity contribution in [2.75, 3.05) is 5.75 Å². The van der Waals surface area contributed by atoms with E-state index in [-0.39, 0.29) is 0 Å². The number of benzene rings is 1. The maximum atomic E-state index is 8.82. The molecule has 1 aromatic carbocycles. The molecule has 0 aliphatic rings. The van der Waals surface area contributed by atoms with E-state index >= 15 is 0 Å². The molecule has 0 spiro atoms. The normalized spacial score (nSPS) is 14.3. The van der Waals surface area contributed by atoms with E-state index in [1.165, 1.54) is 15.9 Å². The van der Waals surface area contributed by atoms with Gasteiger partial charge in [-0.25, -0.2) is 0 Å². The van der Waals surface area contributed by atoms with E-state index < -0.39 is 5.54 Å². The highest BCUT2D eigenvalue weighted by Crippen LogP contribution is 2.24. The molecular weight excluding hydrogens is 242 g/mol. The van der Waals surface area contributed by atoms with Crippen LogP contribution in [0.15, 0.2) is 35.4 Å². The number of para-hydroxylation sites is 1. The van der Waals surface area contributed by atoms with Crippen LogP contribution in [-0.4, -0.2) is 16.3 Å². The zero-order chi connectivity index (χ0) is 13.0. The first kappa shape index (κ1) is 13.0. The lowest BCUT2D eigenvalue weighted by molar-refractivity contribution is 0.540. The number of rotatable bonds is 5. The fourth-order valence-electron chi connectivity index (χ4n) is 1.80. The summed E-state index contributed by atoms with van der Waals surface area (Å²) in [5.41, 5.74) is 6.25. The molecule has 0 amide bonds. The molecule has 1 atom stereocenters. The Morgan fingerprint density at radius 2 is 2.22 bits per heavy atom. The van der Waals surface area contributed by atoms with Crippen molar-refractivity contribution in [1.29, 1.82) is 5.26 Å². The van der Waals surface area contributed by atoms with Crippen molar-refractivity contribution < 1.29 is 0 Å². The van der Waals surface area contributed by atoms with Gasteiger partial charge in [-0.3, -0.25) is 0 Å². The zero-order valence-corrected chi connectivity index (χ0v) is 11.3. The topological polar surface area (TPSA) is 65.6 Å². The van der Waals surface area contributed by atoms with Gasteiger partial charge in [0.15, 0.2) is 0 Å². The number of nitrogens with two attached hydrogens (primary N) is 1. The van der Waals surface area contributed by atoms with Gasteiger partial charge in [-0.1, -0.05) is 18.2 Å². The van der Waals surface area contributed by atoms with E-state index in [0.29, 0.717) is 0 Å². The molecule has 94 valence electrons. The minimum absolute atomic E-state index is 0.693. The summed E-state index contributed by atoms with van der Waals surface area (Å²) in [5, 5.41) is 11.2. The minimum Gasteiger partial charge on any atom is -0.350 e. The lowest BCUT2D eigenvalue weighted by Crippen LogP contribution is -2.33. The van der Waals surface area contributed by atoms with E-state index in [1.54, 1.807) is 18.7 Å². The summed E-state index contributed by atoms with van der Waals surface area (Å²) >= 11 is 1.78. The molecule has 1 unspecified atom stereocenters. The van der Waals surface area contributed by atoms with Crippen molar-refractivity contribution in [2.24, 2.45) is 5.73 Å². The quantitative estimate of drug-likeness (QED) is 0.639. The van der Waals surface area contributed by atoms with Gasteiger partial charge in [0.1, 0.15) is 5.54 Å². The molecule has 0 saturated carbocycles. The maximum absolute atomic E-state index is 8.82. The van der Waals surface area contributed by atoms with Gasteiger partial charge in [0.25, 0.3) is 0 Å². The molecule has 4 heteroatoms. The number of thioether (sulfide) groups is 1. The largest absolute Gasteiger partial charge is 0.350 e. The third-order valence-electron chi connectivity index (χ3n) is 2.86. The lowest BCUT2D eigenvalue weighted by Gasteiger charge is -2.13. The molecule has 2 rings (SSSR count). The van der Waals surface area contributed by atoms with Crippen LogP contribution in [0, 0.1) is 11.3 Å². The molecule has 18 heavy (non-hydrogen) atoms. The van der Waals surface area contributed by atoms with Crippen LogP contribution in [0.1, 0.15) is 19.8 Å². The van der Waals surface area contributed by atoms with E-state index in [0.717, 1.165) is 18.6 Å². The summed E-state index contributed by atoms with van der Waals surface area (Å²) in [5.74, 6) is 0.974. The third kappa shape index (κ3) is 3.28. The molecule has 2 aromatic rings. The Morgan fingerprint density at radius 1 is 1.44 bits per heavy atom. The van der Waals surface area contributed by atoms with Gasteiger partial charge in [-0.2, -0.15) is 5.26 Å². The van der Waals surface area contributed by atoms with Crippen LogP contribution in [0.3, 0.4) is 0 Å². The first-order valence-corrected chi connectivity index (χ1v) is 7.00. The number of nitrogens with one attached hydrogen (secondary N) is 1. The highest BCUT2D eigenvalue weighted by atomic mass is 32.2. The Morgan fingerprint density at radius 3 is 2.94 bits per heavy atom. The van der Waals surface area contributed by atoms with Crippen LogP contribution < -0.4 is 5.73 Å². The van der Waals surface area contributed by atoms with Crippen LogP contribution in [0.2, 0.25) is 0 Å². The molecule has 0 bridgehead atoms. The standard InChI is InChI=1S/C14H17N3S/c1-14(16,10-15)7-4-8-18-13-9-11-5-2-3-6-12(11)17-13/h2-3,5-6,9,17H,4,7-8,16H2,1H3. The lowest BCUT2D eigenvalue weighted by atomic mass is 10.0. The van der Waals surface area contributed by atoms with E-state index in [2.05, 4.69) is 29.3 Å². The SMILES string of the molecule is CC(N)(C#N)CCCSc1cc2ccccc2[nH]1. The number of aromatic amines is 1. The second-order valence-electron chi connectivity index (χ2n) is 4.70. The average Bonchev–Trinajstić information content (AvgIpc) is 2.77. The summed E-state index contributed by atoms with van der Waals surface area (Å²) < 4.78 is 0. The van der Waals surface area contributed by atoms with Gasteiger partial charge in [-0.05, 0) is 37.7 Å². The van der Waals surface area contributed by atoms with Crippen molar-refractivity contribution in [2.45, 2.75) is 30.3 Å². The first-order valence-electron chi connectivity index (χ1n) is 6.01. The van der Waals surface area contributed by atoms with E-state index in [4.69, 9.17) is 11.0 Å². The van der Waals surface area contributed by atoms with Gasteiger partial charge in [0.05, 0.1) is 11.1 Å². The molecule has 0 fully saturated rings. The summed E-state index contributed by atoms with van der Waals surface area (Å²) in [6.45, 7) is 1.78. The van der Waals surface area contributed by atoms with Crippen LogP contribution in [0.4, 0.5) is 0 Å². The molecule has 0 aliphatic heterocycles. The molecule has 0 aliphatic carbocycles. The Kier molecular flexibility index (Phi) is 3.95. The molecule has 1 aromatic heterocycles. The monoisotopic (exact) mass is 259 g/mol. The van der Waals surface area contributed by atoms with Gasteiger partial charge < -0.3 is 10.7 Å². The second kappa shape index (κ2) is 5.47. The molecule has 0 radical (unpaired) electrons. The Labute approximate surface area is 111 Å². The number of H-pyrrole nitrogens is 1. The number of hydrogen-bond acceptors (Lipinski definition) is 3. The zero-order valence-electron chi connectivity index (χ0n) is 10.4. The summed E-state index contributed by atoms with van der Waals surface area (Å²) in [7, 11) is 0.